The lowest BCUT2D eigenvalue weighted by atomic mass is 10.4. The average molecular weight is 183 g/mol. The number of aromatic nitrogens is 1. The Kier molecular flexibility index (Phi) is 3.15. The van der Waals surface area contributed by atoms with Crippen molar-refractivity contribution in [1.29, 1.82) is 0 Å². The van der Waals surface area contributed by atoms with Crippen LogP contribution in [0.3, 0.4) is 0 Å². The Hall–Kier alpha value is -1.69. The quantitative estimate of drug-likeness (QED) is 0.536. The van der Waals surface area contributed by atoms with Crippen molar-refractivity contribution in [3.05, 3.63) is 28.4 Å². The molecule has 0 aliphatic carbocycles. The second-order valence-electron chi connectivity index (χ2n) is 2.22. The second kappa shape index (κ2) is 4.36. The number of rotatable bonds is 4. The molecule has 0 amide bonds. The lowest BCUT2D eigenvalue weighted by Gasteiger charge is -2.02. The number of nitrogens with zero attached hydrogens (tertiary/aromatic N) is 2. The van der Waals surface area contributed by atoms with Crippen molar-refractivity contribution in [2.75, 3.05) is 13.2 Å². The summed E-state index contributed by atoms with van der Waals surface area (Å²) in [5.41, 5.74) is 5.04. The molecule has 1 aromatic heterocycles. The highest BCUT2D eigenvalue weighted by atomic mass is 16.6. The minimum atomic E-state index is -0.543. The average Bonchev–Trinajstić information content (AvgIpc) is 2.15. The number of hydrogen-bond acceptors (Lipinski definition) is 5. The summed E-state index contributed by atoms with van der Waals surface area (Å²) in [4.78, 5) is 13.6. The standard InChI is InChI=1S/C7H9N3O3/c8-3-5-13-7-6(10(11)12)2-1-4-9-7/h1-2,4H,3,5,8H2. The molecule has 0 saturated heterocycles. The molecule has 0 bridgehead atoms. The molecule has 2 N–H and O–H groups in total. The summed E-state index contributed by atoms with van der Waals surface area (Å²) in [7, 11) is 0. The summed E-state index contributed by atoms with van der Waals surface area (Å²) >= 11 is 0. The fourth-order valence-corrected chi connectivity index (χ4v) is 0.788. The minimum Gasteiger partial charge on any atom is -0.471 e. The van der Waals surface area contributed by atoms with Crippen LogP contribution in [-0.2, 0) is 0 Å². The predicted molar refractivity (Wildman–Crippen MR) is 45.4 cm³/mol. The van der Waals surface area contributed by atoms with Gasteiger partial charge in [0, 0.05) is 18.8 Å². The predicted octanol–water partition coefficient (Wildman–Crippen LogP) is 0.327. The van der Waals surface area contributed by atoms with Crippen molar-refractivity contribution < 1.29 is 9.66 Å². The van der Waals surface area contributed by atoms with Gasteiger partial charge in [-0.3, -0.25) is 10.1 Å². The van der Waals surface area contributed by atoms with Gasteiger partial charge in [-0.1, -0.05) is 0 Å². The molecular weight excluding hydrogens is 174 g/mol. The monoisotopic (exact) mass is 183 g/mol. The van der Waals surface area contributed by atoms with Crippen LogP contribution in [-0.4, -0.2) is 23.1 Å². The molecule has 0 fully saturated rings. The van der Waals surface area contributed by atoms with Crippen molar-refractivity contribution in [1.82, 2.24) is 4.98 Å². The Morgan fingerprint density at radius 1 is 1.69 bits per heavy atom. The van der Waals surface area contributed by atoms with Crippen LogP contribution in [0.4, 0.5) is 5.69 Å². The highest BCUT2D eigenvalue weighted by Crippen LogP contribution is 2.22. The number of nitro groups is 1. The van der Waals surface area contributed by atoms with E-state index >= 15 is 0 Å². The molecule has 0 aromatic carbocycles. The van der Waals surface area contributed by atoms with Crippen molar-refractivity contribution in [2.24, 2.45) is 5.73 Å². The number of nitrogens with two attached hydrogens (primary N) is 1. The number of ether oxygens (including phenoxy) is 1. The lowest BCUT2D eigenvalue weighted by Crippen LogP contribution is -2.12. The Labute approximate surface area is 74.5 Å². The Morgan fingerprint density at radius 2 is 2.46 bits per heavy atom. The fourth-order valence-electron chi connectivity index (χ4n) is 0.788. The smallest absolute Gasteiger partial charge is 0.330 e. The SMILES string of the molecule is NCCOc1ncccc1[N+](=O)[O-]. The van der Waals surface area contributed by atoms with E-state index in [-0.39, 0.29) is 18.2 Å². The van der Waals surface area contributed by atoms with Gasteiger partial charge in [0.1, 0.15) is 6.61 Å². The molecule has 0 radical (unpaired) electrons. The van der Waals surface area contributed by atoms with Crippen LogP contribution < -0.4 is 10.5 Å². The van der Waals surface area contributed by atoms with Crippen molar-refractivity contribution in [3.63, 3.8) is 0 Å². The summed E-state index contributed by atoms with van der Waals surface area (Å²) in [6, 6.07) is 2.81. The first-order chi connectivity index (χ1) is 6.25. The number of hydrogen-bond donors (Lipinski definition) is 1. The van der Waals surface area contributed by atoms with E-state index in [2.05, 4.69) is 4.98 Å². The van der Waals surface area contributed by atoms with E-state index in [0.717, 1.165) is 0 Å². The molecule has 70 valence electrons. The summed E-state index contributed by atoms with van der Waals surface area (Å²) in [6.07, 6.45) is 1.43. The first-order valence-electron chi connectivity index (χ1n) is 3.68. The Balaban J connectivity index is 2.84. The van der Waals surface area contributed by atoms with Crippen LogP contribution >= 0.6 is 0 Å². The van der Waals surface area contributed by atoms with E-state index in [1.807, 2.05) is 0 Å². The highest BCUT2D eigenvalue weighted by Gasteiger charge is 2.14. The van der Waals surface area contributed by atoms with Crippen LogP contribution in [0.1, 0.15) is 0 Å². The Morgan fingerprint density at radius 3 is 3.08 bits per heavy atom. The fraction of sp³-hybridized carbons (Fsp3) is 0.286. The molecule has 0 aliphatic rings. The van der Waals surface area contributed by atoms with Gasteiger partial charge < -0.3 is 10.5 Å². The van der Waals surface area contributed by atoms with Crippen LogP contribution in [0.2, 0.25) is 0 Å². The summed E-state index contributed by atoms with van der Waals surface area (Å²) < 4.78 is 4.97. The van der Waals surface area contributed by atoms with Crippen LogP contribution in [0, 0.1) is 10.1 Å². The number of pyridine rings is 1. The van der Waals surface area contributed by atoms with Gasteiger partial charge in [0.15, 0.2) is 0 Å². The second-order valence-corrected chi connectivity index (χ2v) is 2.22. The molecule has 1 rings (SSSR count). The van der Waals surface area contributed by atoms with Crippen molar-refractivity contribution in [2.45, 2.75) is 0 Å². The third kappa shape index (κ3) is 2.38. The molecule has 0 aliphatic heterocycles. The molecule has 1 aromatic rings. The molecule has 0 unspecified atom stereocenters. The molecule has 1 heterocycles. The van der Waals surface area contributed by atoms with Crippen LogP contribution in [0.25, 0.3) is 0 Å². The zero-order valence-corrected chi connectivity index (χ0v) is 6.84. The summed E-state index contributed by atoms with van der Waals surface area (Å²) in [5.74, 6) is 0.0120. The zero-order valence-electron chi connectivity index (χ0n) is 6.84. The molecule has 6 heteroatoms. The van der Waals surface area contributed by atoms with Gasteiger partial charge >= 0.3 is 5.69 Å². The lowest BCUT2D eigenvalue weighted by molar-refractivity contribution is -0.386. The van der Waals surface area contributed by atoms with E-state index in [9.17, 15) is 10.1 Å². The first-order valence-corrected chi connectivity index (χ1v) is 3.68. The van der Waals surface area contributed by atoms with Crippen molar-refractivity contribution in [3.8, 4) is 5.88 Å². The van der Waals surface area contributed by atoms with Gasteiger partial charge in [0.2, 0.25) is 0 Å². The molecular formula is C7H9N3O3. The van der Waals surface area contributed by atoms with E-state index in [1.54, 1.807) is 0 Å². The maximum atomic E-state index is 10.4. The molecule has 6 nitrogen and oxygen atoms in total. The van der Waals surface area contributed by atoms with Gasteiger partial charge in [0.05, 0.1) is 4.92 Å². The van der Waals surface area contributed by atoms with Gasteiger partial charge in [-0.2, -0.15) is 0 Å². The molecule has 0 atom stereocenters. The molecule has 0 saturated carbocycles. The normalized spacial score (nSPS) is 9.62. The molecule has 0 spiro atoms. The summed E-state index contributed by atoms with van der Waals surface area (Å²) in [6.45, 7) is 0.519. The zero-order chi connectivity index (χ0) is 9.68. The van der Waals surface area contributed by atoms with Gasteiger partial charge in [-0.25, -0.2) is 4.98 Å². The third-order valence-electron chi connectivity index (χ3n) is 1.30. The van der Waals surface area contributed by atoms with E-state index < -0.39 is 4.92 Å². The van der Waals surface area contributed by atoms with E-state index in [4.69, 9.17) is 10.5 Å². The largest absolute Gasteiger partial charge is 0.471 e. The van der Waals surface area contributed by atoms with Crippen molar-refractivity contribution >= 4 is 5.69 Å². The first kappa shape index (κ1) is 9.40. The van der Waals surface area contributed by atoms with E-state index in [0.29, 0.717) is 6.54 Å². The maximum Gasteiger partial charge on any atom is 0.330 e. The van der Waals surface area contributed by atoms with Gasteiger partial charge in [0.25, 0.3) is 5.88 Å². The summed E-state index contributed by atoms with van der Waals surface area (Å²) in [5, 5.41) is 10.4. The topological polar surface area (TPSA) is 91.3 Å². The van der Waals surface area contributed by atoms with Gasteiger partial charge in [-0.05, 0) is 6.07 Å². The van der Waals surface area contributed by atoms with Crippen LogP contribution in [0.5, 0.6) is 5.88 Å². The van der Waals surface area contributed by atoms with E-state index in [1.165, 1.54) is 18.3 Å². The Bertz CT molecular complexity index is 303. The maximum absolute atomic E-state index is 10.4. The van der Waals surface area contributed by atoms with Crippen LogP contribution in [0.15, 0.2) is 18.3 Å². The third-order valence-corrected chi connectivity index (χ3v) is 1.30. The van der Waals surface area contributed by atoms with Gasteiger partial charge in [-0.15, -0.1) is 0 Å². The minimum absolute atomic E-state index is 0.0120. The highest BCUT2D eigenvalue weighted by molar-refractivity contribution is 5.39. The molecule has 13 heavy (non-hydrogen) atoms.